The fraction of sp³-hybridized carbons (Fsp3) is 0.214. The van der Waals surface area contributed by atoms with E-state index in [9.17, 15) is 0 Å². The van der Waals surface area contributed by atoms with E-state index in [1.807, 2.05) is 36.4 Å². The predicted molar refractivity (Wildman–Crippen MR) is 77.9 cm³/mol. The zero-order chi connectivity index (χ0) is 13.5. The fourth-order valence-corrected chi connectivity index (χ4v) is 2.22. The number of pyridine rings is 1. The molecule has 0 aliphatic heterocycles. The van der Waals surface area contributed by atoms with E-state index in [0.29, 0.717) is 12.3 Å². The van der Waals surface area contributed by atoms with Crippen molar-refractivity contribution in [2.24, 2.45) is 0 Å². The number of anilines is 1. The van der Waals surface area contributed by atoms with Gasteiger partial charge in [0.25, 0.3) is 0 Å². The van der Waals surface area contributed by atoms with Crippen LogP contribution in [0, 0.1) is 0 Å². The molecular weight excluding hydrogens is 260 g/mol. The number of nitrogens with two attached hydrogens (primary N) is 1. The highest BCUT2D eigenvalue weighted by Crippen LogP contribution is 2.22. The molecule has 0 saturated carbocycles. The maximum atomic E-state index is 5.81. The van der Waals surface area contributed by atoms with E-state index in [1.165, 1.54) is 0 Å². The largest absolute Gasteiger partial charge is 0.497 e. The second kappa shape index (κ2) is 6.89. The third-order valence-electron chi connectivity index (χ3n) is 2.45. The molecule has 1 aromatic carbocycles. The number of hydrogen-bond donors (Lipinski definition) is 1. The third-order valence-corrected chi connectivity index (χ3v) is 3.44. The molecule has 1 aromatic heterocycles. The van der Waals surface area contributed by atoms with E-state index in [0.717, 1.165) is 22.3 Å². The van der Waals surface area contributed by atoms with Crippen LogP contribution in [0.3, 0.4) is 0 Å². The molecule has 1 heterocycles. The topological polar surface area (TPSA) is 57.4 Å². The van der Waals surface area contributed by atoms with Crippen molar-refractivity contribution in [1.29, 1.82) is 0 Å². The molecule has 0 unspecified atom stereocenters. The lowest BCUT2D eigenvalue weighted by Crippen LogP contribution is -2.01. The lowest BCUT2D eigenvalue weighted by Gasteiger charge is -2.07. The number of ether oxygens (including phenoxy) is 2. The average molecular weight is 276 g/mol. The second-order valence-electron chi connectivity index (χ2n) is 3.77. The van der Waals surface area contributed by atoms with Crippen LogP contribution in [0.4, 0.5) is 5.69 Å². The van der Waals surface area contributed by atoms with Gasteiger partial charge in [0, 0.05) is 11.9 Å². The number of aromatic nitrogens is 1. The van der Waals surface area contributed by atoms with Crippen molar-refractivity contribution >= 4 is 17.4 Å². The van der Waals surface area contributed by atoms with E-state index in [2.05, 4.69) is 4.98 Å². The van der Waals surface area contributed by atoms with E-state index in [4.69, 9.17) is 15.2 Å². The molecule has 19 heavy (non-hydrogen) atoms. The molecule has 100 valence electrons. The van der Waals surface area contributed by atoms with Crippen molar-refractivity contribution in [2.75, 3.05) is 25.2 Å². The smallest absolute Gasteiger partial charge is 0.119 e. The van der Waals surface area contributed by atoms with Crippen molar-refractivity contribution in [3.05, 3.63) is 42.6 Å². The molecular formula is C14H16N2O2S. The highest BCUT2D eigenvalue weighted by molar-refractivity contribution is 7.99. The Labute approximate surface area is 116 Å². The minimum absolute atomic E-state index is 0.604. The molecule has 5 heteroatoms. The summed E-state index contributed by atoms with van der Waals surface area (Å²) in [6, 6.07) is 11.2. The maximum absolute atomic E-state index is 5.81. The Morgan fingerprint density at radius 1 is 1.16 bits per heavy atom. The molecule has 0 amide bonds. The molecule has 0 aliphatic carbocycles. The Bertz CT molecular complexity index is 517. The van der Waals surface area contributed by atoms with Crippen molar-refractivity contribution in [1.82, 2.24) is 4.98 Å². The highest BCUT2D eigenvalue weighted by atomic mass is 32.2. The zero-order valence-corrected chi connectivity index (χ0v) is 11.5. The number of rotatable bonds is 6. The van der Waals surface area contributed by atoms with Crippen LogP contribution in [0.5, 0.6) is 11.5 Å². The molecule has 0 saturated heterocycles. The van der Waals surface area contributed by atoms with Crippen LogP contribution < -0.4 is 15.2 Å². The van der Waals surface area contributed by atoms with Gasteiger partial charge in [0.1, 0.15) is 16.5 Å². The monoisotopic (exact) mass is 276 g/mol. The van der Waals surface area contributed by atoms with Crippen LogP contribution >= 0.6 is 11.8 Å². The first kappa shape index (κ1) is 13.5. The number of thioether (sulfide) groups is 1. The Kier molecular flexibility index (Phi) is 4.92. The van der Waals surface area contributed by atoms with Gasteiger partial charge in [-0.15, -0.1) is 11.8 Å². The van der Waals surface area contributed by atoms with Crippen molar-refractivity contribution in [3.8, 4) is 11.5 Å². The van der Waals surface area contributed by atoms with Gasteiger partial charge in [0.15, 0.2) is 0 Å². The van der Waals surface area contributed by atoms with Gasteiger partial charge < -0.3 is 15.2 Å². The number of hydrogen-bond acceptors (Lipinski definition) is 5. The summed E-state index contributed by atoms with van der Waals surface area (Å²) in [7, 11) is 1.64. The number of methoxy groups -OCH3 is 1. The first-order valence-corrected chi connectivity index (χ1v) is 6.88. The minimum atomic E-state index is 0.604. The summed E-state index contributed by atoms with van der Waals surface area (Å²) in [5, 5.41) is 0.848. The van der Waals surface area contributed by atoms with Gasteiger partial charge in [0.2, 0.25) is 0 Å². The summed E-state index contributed by atoms with van der Waals surface area (Å²) in [6.45, 7) is 0.604. The average Bonchev–Trinajstić information content (AvgIpc) is 2.46. The van der Waals surface area contributed by atoms with Gasteiger partial charge in [-0.3, -0.25) is 0 Å². The number of nitrogen functional groups attached to an aromatic ring is 1. The van der Waals surface area contributed by atoms with E-state index < -0.39 is 0 Å². The summed E-state index contributed by atoms with van der Waals surface area (Å²) in [4.78, 5) is 4.21. The predicted octanol–water partition coefficient (Wildman–Crippen LogP) is 2.84. The van der Waals surface area contributed by atoms with Gasteiger partial charge >= 0.3 is 0 Å². The molecule has 0 aliphatic rings. The molecule has 0 atom stereocenters. The van der Waals surface area contributed by atoms with Crippen molar-refractivity contribution in [3.63, 3.8) is 0 Å². The molecule has 2 N–H and O–H groups in total. The Hall–Kier alpha value is -1.88. The molecule has 4 nitrogen and oxygen atoms in total. The first-order valence-electron chi connectivity index (χ1n) is 5.90. The highest BCUT2D eigenvalue weighted by Gasteiger charge is 2.00. The first-order chi connectivity index (χ1) is 9.29. The third kappa shape index (κ3) is 4.06. The normalized spacial score (nSPS) is 10.2. The number of benzene rings is 1. The van der Waals surface area contributed by atoms with Crippen LogP contribution in [-0.4, -0.2) is 24.5 Å². The van der Waals surface area contributed by atoms with Gasteiger partial charge in [-0.05, 0) is 36.4 Å². The molecule has 2 aromatic rings. The Morgan fingerprint density at radius 2 is 1.89 bits per heavy atom. The molecule has 0 spiro atoms. The van der Waals surface area contributed by atoms with Crippen LogP contribution in [0.25, 0.3) is 0 Å². The second-order valence-corrected chi connectivity index (χ2v) is 4.85. The van der Waals surface area contributed by atoms with Gasteiger partial charge in [-0.1, -0.05) is 0 Å². The minimum Gasteiger partial charge on any atom is -0.497 e. The molecule has 0 radical (unpaired) electrons. The quantitative estimate of drug-likeness (QED) is 0.649. The van der Waals surface area contributed by atoms with Gasteiger partial charge in [0.05, 0.1) is 19.4 Å². The van der Waals surface area contributed by atoms with E-state index in [1.54, 1.807) is 25.1 Å². The van der Waals surface area contributed by atoms with Crippen LogP contribution in [-0.2, 0) is 0 Å². The zero-order valence-electron chi connectivity index (χ0n) is 10.7. The van der Waals surface area contributed by atoms with Crippen LogP contribution in [0.2, 0.25) is 0 Å². The van der Waals surface area contributed by atoms with Crippen molar-refractivity contribution in [2.45, 2.75) is 5.03 Å². The molecule has 2 rings (SSSR count). The Morgan fingerprint density at radius 3 is 2.58 bits per heavy atom. The lowest BCUT2D eigenvalue weighted by atomic mass is 10.3. The summed E-state index contributed by atoms with van der Waals surface area (Å²) >= 11 is 1.59. The maximum Gasteiger partial charge on any atom is 0.119 e. The summed E-state index contributed by atoms with van der Waals surface area (Å²) in [5.74, 6) is 2.45. The van der Waals surface area contributed by atoms with Crippen LogP contribution in [0.1, 0.15) is 0 Å². The summed E-state index contributed by atoms with van der Waals surface area (Å²) < 4.78 is 10.7. The molecule has 0 bridgehead atoms. The summed E-state index contributed by atoms with van der Waals surface area (Å²) in [5.41, 5.74) is 6.51. The van der Waals surface area contributed by atoms with Gasteiger partial charge in [-0.25, -0.2) is 4.98 Å². The van der Waals surface area contributed by atoms with E-state index in [-0.39, 0.29) is 0 Å². The van der Waals surface area contributed by atoms with Crippen molar-refractivity contribution < 1.29 is 9.47 Å². The summed E-state index contributed by atoms with van der Waals surface area (Å²) in [6.07, 6.45) is 1.74. The number of nitrogens with zero attached hydrogens (tertiary/aromatic N) is 1. The molecule has 0 fully saturated rings. The standard InChI is InChI=1S/C14H16N2O2S/c1-17-11-4-6-12(7-5-11)18-9-10-19-14-13(15)3-2-8-16-14/h2-8H,9-10,15H2,1H3. The Balaban J connectivity index is 1.76. The lowest BCUT2D eigenvalue weighted by molar-refractivity contribution is 0.342. The van der Waals surface area contributed by atoms with E-state index >= 15 is 0 Å². The van der Waals surface area contributed by atoms with Gasteiger partial charge in [-0.2, -0.15) is 0 Å². The van der Waals surface area contributed by atoms with Crippen LogP contribution in [0.15, 0.2) is 47.6 Å². The fourth-order valence-electron chi connectivity index (χ4n) is 1.49. The SMILES string of the molecule is COc1ccc(OCCSc2ncccc2N)cc1.